The van der Waals surface area contributed by atoms with Gasteiger partial charge in [0.25, 0.3) is 11.8 Å². The van der Waals surface area contributed by atoms with Gasteiger partial charge in [0.15, 0.2) is 5.11 Å². The van der Waals surface area contributed by atoms with Crippen LogP contribution in [0.3, 0.4) is 0 Å². The summed E-state index contributed by atoms with van der Waals surface area (Å²) in [5.41, 5.74) is 7.53. The number of para-hydroxylation sites is 1. The molecule has 2 rings (SSSR count). The van der Waals surface area contributed by atoms with Crippen LogP contribution in [0.15, 0.2) is 46.9 Å². The third-order valence-electron chi connectivity index (χ3n) is 3.10. The highest BCUT2D eigenvalue weighted by atomic mass is 79.9. The molecule has 5 nitrogen and oxygen atoms in total. The van der Waals surface area contributed by atoms with E-state index in [9.17, 15) is 9.59 Å². The van der Waals surface area contributed by atoms with Crippen LogP contribution >= 0.6 is 28.1 Å². The highest BCUT2D eigenvalue weighted by Crippen LogP contribution is 2.18. The molecule has 0 aromatic heterocycles. The topological polar surface area (TPSA) is 84.2 Å². The van der Waals surface area contributed by atoms with E-state index in [1.807, 2.05) is 13.0 Å². The van der Waals surface area contributed by atoms with Gasteiger partial charge in [0, 0.05) is 10.0 Å². The Kier molecular flexibility index (Phi) is 5.46. The molecule has 0 aliphatic heterocycles. The first-order valence-electron chi connectivity index (χ1n) is 6.66. The summed E-state index contributed by atoms with van der Waals surface area (Å²) in [7, 11) is 0. The van der Waals surface area contributed by atoms with Crippen LogP contribution in [0.4, 0.5) is 5.69 Å². The van der Waals surface area contributed by atoms with Crippen molar-refractivity contribution in [2.75, 3.05) is 5.32 Å². The number of aryl methyl sites for hydroxylation is 1. The summed E-state index contributed by atoms with van der Waals surface area (Å²) in [5, 5.41) is 5.46. The van der Waals surface area contributed by atoms with E-state index in [1.54, 1.807) is 36.4 Å². The van der Waals surface area contributed by atoms with Crippen LogP contribution in [0.2, 0.25) is 0 Å². The monoisotopic (exact) mass is 391 g/mol. The second-order valence-electron chi connectivity index (χ2n) is 4.78. The summed E-state index contributed by atoms with van der Waals surface area (Å²) in [6.45, 7) is 1.93. The minimum Gasteiger partial charge on any atom is -0.366 e. The first kappa shape index (κ1) is 17.1. The Balaban J connectivity index is 2.09. The maximum absolute atomic E-state index is 12.2. The average Bonchev–Trinajstić information content (AvgIpc) is 2.50. The number of primary amides is 1. The van der Waals surface area contributed by atoms with Crippen LogP contribution < -0.4 is 16.4 Å². The molecule has 0 aliphatic rings. The highest BCUT2D eigenvalue weighted by Gasteiger charge is 2.12. The number of hydrogen-bond donors (Lipinski definition) is 3. The first-order chi connectivity index (χ1) is 10.9. The van der Waals surface area contributed by atoms with E-state index in [2.05, 4.69) is 26.6 Å². The quantitative estimate of drug-likeness (QED) is 0.702. The van der Waals surface area contributed by atoms with E-state index in [-0.39, 0.29) is 11.0 Å². The van der Waals surface area contributed by atoms with Gasteiger partial charge in [-0.1, -0.05) is 34.1 Å². The highest BCUT2D eigenvalue weighted by molar-refractivity contribution is 9.10. The fourth-order valence-corrected chi connectivity index (χ4v) is 2.45. The Labute approximate surface area is 147 Å². The molecule has 0 saturated carbocycles. The number of thiocarbonyl (C=S) groups is 1. The summed E-state index contributed by atoms with van der Waals surface area (Å²) in [6, 6.07) is 11.9. The van der Waals surface area contributed by atoms with E-state index in [0.717, 1.165) is 10.0 Å². The number of hydrogen-bond acceptors (Lipinski definition) is 3. The van der Waals surface area contributed by atoms with Gasteiger partial charge in [0.1, 0.15) is 0 Å². The number of benzene rings is 2. The minimum atomic E-state index is -0.579. The summed E-state index contributed by atoms with van der Waals surface area (Å²) < 4.78 is 0.836. The Hall–Kier alpha value is -2.25. The van der Waals surface area contributed by atoms with Crippen molar-refractivity contribution in [3.8, 4) is 0 Å². The largest absolute Gasteiger partial charge is 0.366 e. The van der Waals surface area contributed by atoms with Gasteiger partial charge in [0.05, 0.1) is 11.3 Å². The first-order valence-corrected chi connectivity index (χ1v) is 7.86. The second-order valence-corrected chi connectivity index (χ2v) is 6.04. The van der Waals surface area contributed by atoms with Crippen molar-refractivity contribution in [2.24, 2.45) is 5.73 Å². The second kappa shape index (κ2) is 7.34. The smallest absolute Gasteiger partial charge is 0.257 e. The van der Waals surface area contributed by atoms with Crippen LogP contribution in [0.25, 0.3) is 0 Å². The van der Waals surface area contributed by atoms with E-state index in [0.29, 0.717) is 16.8 Å². The molecule has 0 aliphatic carbocycles. The molecule has 0 spiro atoms. The van der Waals surface area contributed by atoms with Crippen molar-refractivity contribution < 1.29 is 9.59 Å². The van der Waals surface area contributed by atoms with E-state index >= 15 is 0 Å². The van der Waals surface area contributed by atoms with Gasteiger partial charge < -0.3 is 11.1 Å². The molecule has 0 heterocycles. The van der Waals surface area contributed by atoms with Crippen molar-refractivity contribution >= 4 is 50.8 Å². The van der Waals surface area contributed by atoms with Gasteiger partial charge in [-0.05, 0) is 49.0 Å². The summed E-state index contributed by atoms with van der Waals surface area (Å²) in [6.07, 6.45) is 0. The Bertz CT molecular complexity index is 793. The van der Waals surface area contributed by atoms with Crippen LogP contribution in [-0.4, -0.2) is 16.9 Å². The molecule has 0 atom stereocenters. The molecule has 0 fully saturated rings. The summed E-state index contributed by atoms with van der Waals surface area (Å²) in [5.74, 6) is -0.926. The van der Waals surface area contributed by atoms with E-state index < -0.39 is 5.91 Å². The third-order valence-corrected chi connectivity index (χ3v) is 4.16. The van der Waals surface area contributed by atoms with Gasteiger partial charge in [-0.25, -0.2) is 0 Å². The normalized spacial score (nSPS) is 10.0. The zero-order chi connectivity index (χ0) is 17.0. The number of anilines is 1. The number of nitrogens with one attached hydrogen (secondary N) is 2. The Morgan fingerprint density at radius 3 is 2.52 bits per heavy atom. The van der Waals surface area contributed by atoms with E-state index in [1.165, 1.54) is 0 Å². The molecule has 2 amide bonds. The molecule has 23 heavy (non-hydrogen) atoms. The molecular weight excluding hydrogens is 378 g/mol. The van der Waals surface area contributed by atoms with Crippen molar-refractivity contribution in [3.05, 3.63) is 63.6 Å². The SMILES string of the molecule is Cc1ccc(C(=O)NC(=S)Nc2ccccc2C(N)=O)cc1Br. The standard InChI is InChI=1S/C16H14BrN3O2S/c1-9-6-7-10(8-12(9)17)15(22)20-16(23)19-13-5-3-2-4-11(13)14(18)21/h2-8H,1H3,(H2,18,21)(H2,19,20,22,23). The molecule has 7 heteroatoms. The number of carbonyl (C=O) groups excluding carboxylic acids is 2. The van der Waals surface area contributed by atoms with Crippen LogP contribution in [0.1, 0.15) is 26.3 Å². The maximum Gasteiger partial charge on any atom is 0.257 e. The van der Waals surface area contributed by atoms with Crippen molar-refractivity contribution in [1.82, 2.24) is 5.32 Å². The zero-order valence-corrected chi connectivity index (χ0v) is 14.6. The molecule has 2 aromatic rings. The van der Waals surface area contributed by atoms with Gasteiger partial charge in [-0.2, -0.15) is 0 Å². The number of carbonyl (C=O) groups is 2. The summed E-state index contributed by atoms with van der Waals surface area (Å²) in [4.78, 5) is 23.5. The lowest BCUT2D eigenvalue weighted by molar-refractivity contribution is 0.0975. The van der Waals surface area contributed by atoms with Crippen molar-refractivity contribution in [3.63, 3.8) is 0 Å². The molecule has 0 unspecified atom stereocenters. The van der Waals surface area contributed by atoms with Gasteiger partial charge in [-0.15, -0.1) is 0 Å². The molecular formula is C16H14BrN3O2S. The predicted octanol–water partition coefficient (Wildman–Crippen LogP) is 2.98. The lowest BCUT2D eigenvalue weighted by atomic mass is 10.1. The molecule has 4 N–H and O–H groups in total. The van der Waals surface area contributed by atoms with Crippen molar-refractivity contribution in [1.29, 1.82) is 0 Å². The zero-order valence-electron chi connectivity index (χ0n) is 12.2. The lowest BCUT2D eigenvalue weighted by Crippen LogP contribution is -2.34. The molecule has 118 valence electrons. The molecule has 0 radical (unpaired) electrons. The number of halogens is 1. The van der Waals surface area contributed by atoms with Crippen LogP contribution in [0.5, 0.6) is 0 Å². The van der Waals surface area contributed by atoms with Gasteiger partial charge in [0.2, 0.25) is 0 Å². The molecule has 2 aromatic carbocycles. The Morgan fingerprint density at radius 2 is 1.87 bits per heavy atom. The number of nitrogens with two attached hydrogens (primary N) is 1. The Morgan fingerprint density at radius 1 is 1.17 bits per heavy atom. The predicted molar refractivity (Wildman–Crippen MR) is 97.5 cm³/mol. The van der Waals surface area contributed by atoms with E-state index in [4.69, 9.17) is 18.0 Å². The lowest BCUT2D eigenvalue weighted by Gasteiger charge is -2.12. The molecule has 0 saturated heterocycles. The van der Waals surface area contributed by atoms with Crippen LogP contribution in [-0.2, 0) is 0 Å². The maximum atomic E-state index is 12.2. The summed E-state index contributed by atoms with van der Waals surface area (Å²) >= 11 is 8.49. The fourth-order valence-electron chi connectivity index (χ4n) is 1.87. The van der Waals surface area contributed by atoms with Gasteiger partial charge in [-0.3, -0.25) is 14.9 Å². The molecule has 0 bridgehead atoms. The average molecular weight is 392 g/mol. The number of rotatable bonds is 3. The van der Waals surface area contributed by atoms with Crippen molar-refractivity contribution in [2.45, 2.75) is 6.92 Å². The van der Waals surface area contributed by atoms with Gasteiger partial charge >= 0.3 is 0 Å². The number of amides is 2. The fraction of sp³-hybridized carbons (Fsp3) is 0.0625. The van der Waals surface area contributed by atoms with Crippen LogP contribution in [0, 0.1) is 6.92 Å². The minimum absolute atomic E-state index is 0.0837. The third kappa shape index (κ3) is 4.37.